The Labute approximate surface area is 114 Å². The van der Waals surface area contributed by atoms with E-state index in [0.717, 1.165) is 12.1 Å². The van der Waals surface area contributed by atoms with E-state index in [9.17, 15) is 4.79 Å². The lowest BCUT2D eigenvalue weighted by molar-refractivity contribution is 0.0685. The number of aromatic carboxylic acids is 1. The van der Waals surface area contributed by atoms with Crippen molar-refractivity contribution in [3.8, 4) is 0 Å². The molecule has 0 bridgehead atoms. The van der Waals surface area contributed by atoms with Crippen molar-refractivity contribution >= 4 is 17.3 Å². The summed E-state index contributed by atoms with van der Waals surface area (Å²) >= 11 is 1.59. The molecule has 2 aromatic heterocycles. The van der Waals surface area contributed by atoms with Crippen molar-refractivity contribution in [1.82, 2.24) is 15.0 Å². The summed E-state index contributed by atoms with van der Waals surface area (Å²) < 4.78 is 5.46. The molecule has 19 heavy (non-hydrogen) atoms. The highest BCUT2D eigenvalue weighted by molar-refractivity contribution is 7.09. The number of hydrogen-bond donors (Lipinski definition) is 1. The topological polar surface area (TPSA) is 85.2 Å². The van der Waals surface area contributed by atoms with Crippen LogP contribution < -0.4 is 0 Å². The maximum Gasteiger partial charge on any atom is 0.339 e. The Kier molecular flexibility index (Phi) is 4.53. The van der Waals surface area contributed by atoms with E-state index in [-0.39, 0.29) is 12.2 Å². The standard InChI is InChI=1S/C12H13N3O3S/c1-8-11(19-7-15-8)2-3-18-5-10-9(12(16)17)4-13-6-14-10/h4,6-7H,2-3,5H2,1H3,(H,16,17). The number of carboxylic acids is 1. The molecule has 0 aliphatic carbocycles. The molecule has 0 aromatic carbocycles. The highest BCUT2D eigenvalue weighted by Crippen LogP contribution is 2.13. The van der Waals surface area contributed by atoms with Gasteiger partial charge in [0.2, 0.25) is 0 Å². The summed E-state index contributed by atoms with van der Waals surface area (Å²) in [6, 6.07) is 0. The number of carbonyl (C=O) groups is 1. The predicted molar refractivity (Wildman–Crippen MR) is 69.2 cm³/mol. The molecule has 0 radical (unpaired) electrons. The van der Waals surface area contributed by atoms with Crippen LogP contribution in [-0.2, 0) is 17.8 Å². The van der Waals surface area contributed by atoms with Gasteiger partial charge in [-0.05, 0) is 6.92 Å². The molecule has 7 heteroatoms. The first-order valence-corrected chi connectivity index (χ1v) is 6.55. The number of ether oxygens (including phenoxy) is 1. The van der Waals surface area contributed by atoms with Crippen LogP contribution in [0.5, 0.6) is 0 Å². The Morgan fingerprint density at radius 2 is 2.32 bits per heavy atom. The monoisotopic (exact) mass is 279 g/mol. The lowest BCUT2D eigenvalue weighted by atomic mass is 10.2. The van der Waals surface area contributed by atoms with Crippen LogP contribution in [0.15, 0.2) is 18.0 Å². The Hall–Kier alpha value is -1.86. The van der Waals surface area contributed by atoms with Gasteiger partial charge in [-0.3, -0.25) is 0 Å². The summed E-state index contributed by atoms with van der Waals surface area (Å²) in [5, 5.41) is 8.97. The van der Waals surface area contributed by atoms with Gasteiger partial charge in [-0.15, -0.1) is 11.3 Å². The normalized spacial score (nSPS) is 10.6. The molecule has 6 nitrogen and oxygen atoms in total. The van der Waals surface area contributed by atoms with E-state index in [0.29, 0.717) is 12.3 Å². The summed E-state index contributed by atoms with van der Waals surface area (Å²) in [6.45, 7) is 2.63. The van der Waals surface area contributed by atoms with Gasteiger partial charge in [0, 0.05) is 17.5 Å². The predicted octanol–water partition coefficient (Wildman–Crippen LogP) is 1.70. The second kappa shape index (κ2) is 6.35. The Morgan fingerprint density at radius 3 is 3.00 bits per heavy atom. The molecule has 0 aliphatic heterocycles. The first-order valence-electron chi connectivity index (χ1n) is 5.67. The zero-order chi connectivity index (χ0) is 13.7. The summed E-state index contributed by atoms with van der Waals surface area (Å²) in [5.74, 6) is -1.04. The van der Waals surface area contributed by atoms with E-state index in [4.69, 9.17) is 9.84 Å². The number of aryl methyl sites for hydroxylation is 1. The first-order chi connectivity index (χ1) is 9.18. The molecule has 0 unspecified atom stereocenters. The third-order valence-electron chi connectivity index (χ3n) is 2.58. The van der Waals surface area contributed by atoms with E-state index in [1.165, 1.54) is 17.4 Å². The van der Waals surface area contributed by atoms with Crippen LogP contribution in [0.4, 0.5) is 0 Å². The average Bonchev–Trinajstić information content (AvgIpc) is 2.80. The van der Waals surface area contributed by atoms with Crippen LogP contribution in [0.3, 0.4) is 0 Å². The maximum atomic E-state index is 10.9. The maximum absolute atomic E-state index is 10.9. The third kappa shape index (κ3) is 3.55. The van der Waals surface area contributed by atoms with Crippen LogP contribution in [0.1, 0.15) is 26.6 Å². The number of rotatable bonds is 6. The van der Waals surface area contributed by atoms with E-state index >= 15 is 0 Å². The number of hydrogen-bond acceptors (Lipinski definition) is 6. The van der Waals surface area contributed by atoms with Crippen molar-refractivity contribution in [2.45, 2.75) is 20.0 Å². The van der Waals surface area contributed by atoms with Gasteiger partial charge >= 0.3 is 5.97 Å². The van der Waals surface area contributed by atoms with Crippen LogP contribution in [0, 0.1) is 6.92 Å². The van der Waals surface area contributed by atoms with E-state index in [2.05, 4.69) is 15.0 Å². The Morgan fingerprint density at radius 1 is 1.47 bits per heavy atom. The molecule has 100 valence electrons. The molecule has 0 atom stereocenters. The number of aromatic nitrogens is 3. The lowest BCUT2D eigenvalue weighted by Gasteiger charge is -2.05. The van der Waals surface area contributed by atoms with Gasteiger partial charge in [-0.2, -0.15) is 0 Å². The van der Waals surface area contributed by atoms with Gasteiger partial charge in [0.15, 0.2) is 0 Å². The molecule has 0 amide bonds. The van der Waals surface area contributed by atoms with Gasteiger partial charge < -0.3 is 9.84 Å². The van der Waals surface area contributed by atoms with E-state index in [1.54, 1.807) is 16.8 Å². The zero-order valence-electron chi connectivity index (χ0n) is 10.4. The van der Waals surface area contributed by atoms with E-state index in [1.807, 2.05) is 6.92 Å². The summed E-state index contributed by atoms with van der Waals surface area (Å²) in [7, 11) is 0. The fraction of sp³-hybridized carbons (Fsp3) is 0.333. The van der Waals surface area contributed by atoms with Crippen molar-refractivity contribution in [2.75, 3.05) is 6.61 Å². The fourth-order valence-corrected chi connectivity index (χ4v) is 2.31. The molecule has 2 rings (SSSR count). The molecule has 0 saturated carbocycles. The van der Waals surface area contributed by atoms with E-state index < -0.39 is 5.97 Å². The van der Waals surface area contributed by atoms with Gasteiger partial charge in [0.25, 0.3) is 0 Å². The molecule has 0 aliphatic rings. The SMILES string of the molecule is Cc1ncsc1CCOCc1ncncc1C(=O)O. The molecule has 0 spiro atoms. The second-order valence-corrected chi connectivity index (χ2v) is 4.79. The van der Waals surface area contributed by atoms with Crippen molar-refractivity contribution < 1.29 is 14.6 Å². The Balaban J connectivity index is 1.86. The molecule has 2 aromatic rings. The van der Waals surface area contributed by atoms with Crippen molar-refractivity contribution in [2.24, 2.45) is 0 Å². The van der Waals surface area contributed by atoms with Gasteiger partial charge in [-0.25, -0.2) is 19.7 Å². The number of thiazole rings is 1. The summed E-state index contributed by atoms with van der Waals surface area (Å²) in [5.41, 5.74) is 3.29. The molecule has 2 heterocycles. The summed E-state index contributed by atoms with van der Waals surface area (Å²) in [4.78, 5) is 23.9. The quantitative estimate of drug-likeness (QED) is 0.810. The molecular formula is C12H13N3O3S. The average molecular weight is 279 g/mol. The molecule has 1 N–H and O–H groups in total. The minimum Gasteiger partial charge on any atom is -0.478 e. The Bertz CT molecular complexity index is 571. The van der Waals surface area contributed by atoms with Crippen molar-refractivity contribution in [3.63, 3.8) is 0 Å². The van der Waals surface area contributed by atoms with Gasteiger partial charge in [0.1, 0.15) is 11.9 Å². The number of nitrogens with zero attached hydrogens (tertiary/aromatic N) is 3. The van der Waals surface area contributed by atoms with Crippen molar-refractivity contribution in [1.29, 1.82) is 0 Å². The van der Waals surface area contributed by atoms with Crippen LogP contribution in [-0.4, -0.2) is 32.6 Å². The third-order valence-corrected chi connectivity index (χ3v) is 3.58. The van der Waals surface area contributed by atoms with Gasteiger partial charge in [0.05, 0.1) is 30.1 Å². The summed E-state index contributed by atoms with van der Waals surface area (Å²) in [6.07, 6.45) is 3.36. The van der Waals surface area contributed by atoms with Crippen LogP contribution >= 0.6 is 11.3 Å². The second-order valence-electron chi connectivity index (χ2n) is 3.85. The largest absolute Gasteiger partial charge is 0.478 e. The molecular weight excluding hydrogens is 266 g/mol. The van der Waals surface area contributed by atoms with Crippen LogP contribution in [0.2, 0.25) is 0 Å². The number of carboxylic acid groups (broad SMARTS) is 1. The zero-order valence-corrected chi connectivity index (χ0v) is 11.2. The fourth-order valence-electron chi connectivity index (χ4n) is 1.55. The lowest BCUT2D eigenvalue weighted by Crippen LogP contribution is -2.08. The van der Waals surface area contributed by atoms with Crippen molar-refractivity contribution in [3.05, 3.63) is 39.9 Å². The molecule has 0 saturated heterocycles. The molecule has 0 fully saturated rings. The minimum atomic E-state index is -1.04. The highest BCUT2D eigenvalue weighted by Gasteiger charge is 2.11. The van der Waals surface area contributed by atoms with Gasteiger partial charge in [-0.1, -0.05) is 0 Å². The first kappa shape index (κ1) is 13.6. The smallest absolute Gasteiger partial charge is 0.339 e. The minimum absolute atomic E-state index is 0.0801. The highest BCUT2D eigenvalue weighted by atomic mass is 32.1. The van der Waals surface area contributed by atoms with Crippen LogP contribution in [0.25, 0.3) is 0 Å².